The summed E-state index contributed by atoms with van der Waals surface area (Å²) < 4.78 is 5.22. The van der Waals surface area contributed by atoms with Crippen molar-refractivity contribution >= 4 is 11.8 Å². The quantitative estimate of drug-likeness (QED) is 0.683. The van der Waals surface area contributed by atoms with Gasteiger partial charge in [0, 0.05) is 12.3 Å². The van der Waals surface area contributed by atoms with Gasteiger partial charge in [-0.05, 0) is 25.1 Å². The van der Waals surface area contributed by atoms with Crippen molar-refractivity contribution in [2.24, 2.45) is 0 Å². The number of hydrogen-bond acceptors (Lipinski definition) is 3. The van der Waals surface area contributed by atoms with Crippen LogP contribution >= 0.6 is 11.8 Å². The molecule has 1 N–H and O–H groups in total. The summed E-state index contributed by atoms with van der Waals surface area (Å²) in [5.41, 5.74) is 0. The van der Waals surface area contributed by atoms with Crippen LogP contribution in [-0.2, 0) is 5.75 Å². The Morgan fingerprint density at radius 3 is 3.08 bits per heavy atom. The standard InChI is InChI=1S/C10H17NOS/c1-2-5-11-6-8-13-9-10-4-3-7-12-10/h3-4,7,11H,2,5-6,8-9H2,1H3. The zero-order valence-corrected chi connectivity index (χ0v) is 8.90. The van der Waals surface area contributed by atoms with Gasteiger partial charge in [-0.1, -0.05) is 6.92 Å². The topological polar surface area (TPSA) is 25.2 Å². The monoisotopic (exact) mass is 199 g/mol. The first-order chi connectivity index (χ1) is 6.43. The maximum Gasteiger partial charge on any atom is 0.113 e. The highest BCUT2D eigenvalue weighted by molar-refractivity contribution is 7.98. The Kier molecular flexibility index (Phi) is 5.78. The summed E-state index contributed by atoms with van der Waals surface area (Å²) in [5, 5.41) is 3.36. The second kappa shape index (κ2) is 7.04. The van der Waals surface area contributed by atoms with Gasteiger partial charge in [0.25, 0.3) is 0 Å². The van der Waals surface area contributed by atoms with E-state index in [2.05, 4.69) is 12.2 Å². The molecule has 74 valence electrons. The highest BCUT2D eigenvalue weighted by Gasteiger charge is 1.94. The third-order valence-electron chi connectivity index (χ3n) is 1.67. The first-order valence-electron chi connectivity index (χ1n) is 4.74. The Balaban J connectivity index is 1.90. The molecule has 0 saturated carbocycles. The first kappa shape index (κ1) is 10.7. The molecule has 0 unspecified atom stereocenters. The highest BCUT2D eigenvalue weighted by Crippen LogP contribution is 2.11. The molecular formula is C10H17NOS. The van der Waals surface area contributed by atoms with Gasteiger partial charge in [-0.2, -0.15) is 11.8 Å². The van der Waals surface area contributed by atoms with Crippen molar-refractivity contribution in [3.05, 3.63) is 24.2 Å². The Hall–Kier alpha value is -0.410. The maximum absolute atomic E-state index is 5.22. The van der Waals surface area contributed by atoms with Crippen LogP contribution in [0.25, 0.3) is 0 Å². The summed E-state index contributed by atoms with van der Waals surface area (Å²) in [5.74, 6) is 3.21. The van der Waals surface area contributed by atoms with Crippen LogP contribution in [0.1, 0.15) is 19.1 Å². The minimum absolute atomic E-state index is 0.987. The smallest absolute Gasteiger partial charge is 0.113 e. The normalized spacial score (nSPS) is 10.5. The summed E-state index contributed by atoms with van der Waals surface area (Å²) in [6.07, 6.45) is 2.94. The van der Waals surface area contributed by atoms with Crippen molar-refractivity contribution < 1.29 is 4.42 Å². The van der Waals surface area contributed by atoms with Crippen LogP contribution in [0.15, 0.2) is 22.8 Å². The van der Waals surface area contributed by atoms with Gasteiger partial charge in [0.15, 0.2) is 0 Å². The average Bonchev–Trinajstić information content (AvgIpc) is 2.63. The van der Waals surface area contributed by atoms with E-state index in [1.807, 2.05) is 23.9 Å². The van der Waals surface area contributed by atoms with Gasteiger partial charge in [-0.15, -0.1) is 0 Å². The molecule has 1 aromatic heterocycles. The molecule has 0 aliphatic heterocycles. The lowest BCUT2D eigenvalue weighted by Crippen LogP contribution is -2.17. The van der Waals surface area contributed by atoms with E-state index in [0.29, 0.717) is 0 Å². The van der Waals surface area contributed by atoms with E-state index in [4.69, 9.17) is 4.42 Å². The van der Waals surface area contributed by atoms with Gasteiger partial charge < -0.3 is 9.73 Å². The Morgan fingerprint density at radius 2 is 2.38 bits per heavy atom. The predicted molar refractivity (Wildman–Crippen MR) is 58.0 cm³/mol. The Labute approximate surface area is 84.1 Å². The van der Waals surface area contributed by atoms with E-state index in [9.17, 15) is 0 Å². The number of nitrogens with one attached hydrogen (secondary N) is 1. The van der Waals surface area contributed by atoms with Crippen LogP contribution < -0.4 is 5.32 Å². The molecule has 2 nitrogen and oxygen atoms in total. The van der Waals surface area contributed by atoms with E-state index in [-0.39, 0.29) is 0 Å². The van der Waals surface area contributed by atoms with Crippen molar-refractivity contribution in [3.63, 3.8) is 0 Å². The molecule has 0 bridgehead atoms. The lowest BCUT2D eigenvalue weighted by molar-refractivity contribution is 0.530. The SMILES string of the molecule is CCCNCCSCc1ccco1. The molecule has 1 heterocycles. The minimum Gasteiger partial charge on any atom is -0.468 e. The molecule has 13 heavy (non-hydrogen) atoms. The van der Waals surface area contributed by atoms with Gasteiger partial charge in [0.1, 0.15) is 5.76 Å². The van der Waals surface area contributed by atoms with E-state index in [1.165, 1.54) is 6.42 Å². The molecule has 0 spiro atoms. The van der Waals surface area contributed by atoms with Crippen LogP contribution in [0.5, 0.6) is 0 Å². The predicted octanol–water partition coefficient (Wildman–Crippen LogP) is 2.51. The molecule has 0 amide bonds. The van der Waals surface area contributed by atoms with Crippen LogP contribution in [0.3, 0.4) is 0 Å². The number of hydrogen-bond donors (Lipinski definition) is 1. The second-order valence-corrected chi connectivity index (χ2v) is 3.99. The number of rotatable bonds is 7. The molecule has 0 aromatic carbocycles. The van der Waals surface area contributed by atoms with E-state index < -0.39 is 0 Å². The van der Waals surface area contributed by atoms with Crippen LogP contribution in [0.2, 0.25) is 0 Å². The zero-order valence-electron chi connectivity index (χ0n) is 8.08. The van der Waals surface area contributed by atoms with E-state index in [1.54, 1.807) is 6.26 Å². The molecular weight excluding hydrogens is 182 g/mol. The molecule has 0 fully saturated rings. The Bertz CT molecular complexity index is 199. The molecule has 3 heteroatoms. The van der Waals surface area contributed by atoms with Crippen molar-refractivity contribution in [2.45, 2.75) is 19.1 Å². The molecule has 0 radical (unpaired) electrons. The molecule has 0 aliphatic rings. The highest BCUT2D eigenvalue weighted by atomic mass is 32.2. The lowest BCUT2D eigenvalue weighted by atomic mass is 10.5. The molecule has 0 saturated heterocycles. The van der Waals surface area contributed by atoms with Crippen LogP contribution in [-0.4, -0.2) is 18.8 Å². The fourth-order valence-electron chi connectivity index (χ4n) is 1.01. The van der Waals surface area contributed by atoms with E-state index in [0.717, 1.165) is 30.4 Å². The number of furan rings is 1. The van der Waals surface area contributed by atoms with Crippen LogP contribution in [0.4, 0.5) is 0 Å². The lowest BCUT2D eigenvalue weighted by Gasteiger charge is -2.01. The van der Waals surface area contributed by atoms with Gasteiger partial charge in [-0.3, -0.25) is 0 Å². The molecule has 1 aromatic rings. The first-order valence-corrected chi connectivity index (χ1v) is 5.89. The summed E-state index contributed by atoms with van der Waals surface area (Å²) in [6.45, 7) is 4.41. The summed E-state index contributed by atoms with van der Waals surface area (Å²) in [4.78, 5) is 0. The minimum atomic E-state index is 0.987. The molecule has 0 aliphatic carbocycles. The van der Waals surface area contributed by atoms with Gasteiger partial charge in [-0.25, -0.2) is 0 Å². The van der Waals surface area contributed by atoms with Crippen molar-refractivity contribution in [1.82, 2.24) is 5.32 Å². The third kappa shape index (κ3) is 5.01. The van der Waals surface area contributed by atoms with Gasteiger partial charge in [0.2, 0.25) is 0 Å². The average molecular weight is 199 g/mol. The van der Waals surface area contributed by atoms with Crippen LogP contribution in [0, 0.1) is 0 Å². The zero-order chi connectivity index (χ0) is 9.36. The maximum atomic E-state index is 5.22. The second-order valence-electron chi connectivity index (χ2n) is 2.88. The Morgan fingerprint density at radius 1 is 1.46 bits per heavy atom. The van der Waals surface area contributed by atoms with Crippen molar-refractivity contribution in [2.75, 3.05) is 18.8 Å². The number of thioether (sulfide) groups is 1. The fraction of sp³-hybridized carbons (Fsp3) is 0.600. The van der Waals surface area contributed by atoms with Crippen molar-refractivity contribution in [1.29, 1.82) is 0 Å². The largest absolute Gasteiger partial charge is 0.468 e. The molecule has 0 atom stereocenters. The van der Waals surface area contributed by atoms with Crippen molar-refractivity contribution in [3.8, 4) is 0 Å². The molecule has 1 rings (SSSR count). The van der Waals surface area contributed by atoms with E-state index >= 15 is 0 Å². The fourth-order valence-corrected chi connectivity index (χ4v) is 1.81. The van der Waals surface area contributed by atoms with Gasteiger partial charge >= 0.3 is 0 Å². The summed E-state index contributed by atoms with van der Waals surface area (Å²) >= 11 is 1.91. The summed E-state index contributed by atoms with van der Waals surface area (Å²) in [6, 6.07) is 3.96. The summed E-state index contributed by atoms with van der Waals surface area (Å²) in [7, 11) is 0. The van der Waals surface area contributed by atoms with Gasteiger partial charge in [0.05, 0.1) is 12.0 Å². The third-order valence-corrected chi connectivity index (χ3v) is 2.66.